The monoisotopic (exact) mass is 443 g/mol. The Kier molecular flexibility index (Phi) is 6.69. The summed E-state index contributed by atoms with van der Waals surface area (Å²) in [7, 11) is 0. The van der Waals surface area contributed by atoms with Crippen molar-refractivity contribution in [2.75, 3.05) is 13.2 Å². The van der Waals surface area contributed by atoms with Crippen LogP contribution in [0.2, 0.25) is 0 Å². The lowest BCUT2D eigenvalue weighted by Gasteiger charge is -2.25. The number of aliphatic hydroxyl groups is 1. The number of carbonyl (C=O) groups excluding carboxylic acids is 2. The average molecular weight is 444 g/mol. The summed E-state index contributed by atoms with van der Waals surface area (Å²) in [5.74, 6) is -0.911. The van der Waals surface area contributed by atoms with E-state index in [1.165, 1.54) is 4.90 Å². The second-order valence-corrected chi connectivity index (χ2v) is 7.68. The molecule has 1 aliphatic rings. The summed E-state index contributed by atoms with van der Waals surface area (Å²) in [4.78, 5) is 31.7. The van der Waals surface area contributed by atoms with E-state index in [2.05, 4.69) is 11.6 Å². The molecule has 7 heteroatoms. The van der Waals surface area contributed by atoms with Crippen LogP contribution in [-0.4, -0.2) is 44.4 Å². The maximum Gasteiger partial charge on any atom is 0.295 e. The second-order valence-electron chi connectivity index (χ2n) is 7.68. The molecule has 2 aromatic carbocycles. The zero-order valence-corrected chi connectivity index (χ0v) is 18.1. The van der Waals surface area contributed by atoms with Gasteiger partial charge in [-0.1, -0.05) is 55.1 Å². The van der Waals surface area contributed by atoms with Gasteiger partial charge in [0.2, 0.25) is 0 Å². The van der Waals surface area contributed by atoms with E-state index in [1.807, 2.05) is 29.0 Å². The summed E-state index contributed by atoms with van der Waals surface area (Å²) in [6.07, 6.45) is 7.52. The molecule has 1 atom stereocenters. The minimum atomic E-state index is -0.722. The van der Waals surface area contributed by atoms with E-state index >= 15 is 0 Å². The van der Waals surface area contributed by atoms with Crippen molar-refractivity contribution in [3.8, 4) is 5.75 Å². The lowest BCUT2D eigenvalue weighted by atomic mass is 9.95. The number of carbonyl (C=O) groups is 2. The Morgan fingerprint density at radius 1 is 1.12 bits per heavy atom. The third kappa shape index (κ3) is 4.72. The number of ether oxygens (including phenoxy) is 1. The maximum atomic E-state index is 13.1. The highest BCUT2D eigenvalue weighted by Gasteiger charge is 2.45. The molecule has 1 fully saturated rings. The third-order valence-electron chi connectivity index (χ3n) is 5.50. The summed E-state index contributed by atoms with van der Waals surface area (Å²) < 4.78 is 7.58. The largest absolute Gasteiger partial charge is 0.507 e. The van der Waals surface area contributed by atoms with E-state index in [0.717, 1.165) is 0 Å². The topological polar surface area (TPSA) is 84.7 Å². The summed E-state index contributed by atoms with van der Waals surface area (Å²) in [6.45, 7) is 4.99. The number of ketones is 1. The van der Waals surface area contributed by atoms with Crippen LogP contribution in [0.3, 0.4) is 0 Å². The van der Waals surface area contributed by atoms with Gasteiger partial charge in [-0.25, -0.2) is 4.98 Å². The van der Waals surface area contributed by atoms with Crippen LogP contribution in [0.5, 0.6) is 5.75 Å². The van der Waals surface area contributed by atoms with E-state index in [1.54, 1.807) is 55.0 Å². The number of likely N-dealkylation sites (tertiary alicyclic amines) is 1. The highest BCUT2D eigenvalue weighted by Crippen LogP contribution is 2.40. The molecular weight excluding hydrogens is 418 g/mol. The first kappa shape index (κ1) is 22.1. The highest BCUT2D eigenvalue weighted by atomic mass is 16.5. The van der Waals surface area contributed by atoms with Crippen LogP contribution in [-0.2, 0) is 16.1 Å². The van der Waals surface area contributed by atoms with Gasteiger partial charge in [-0.2, -0.15) is 0 Å². The van der Waals surface area contributed by atoms with Crippen molar-refractivity contribution in [1.29, 1.82) is 0 Å². The van der Waals surface area contributed by atoms with Crippen molar-refractivity contribution in [2.45, 2.75) is 19.0 Å². The molecule has 168 valence electrons. The van der Waals surface area contributed by atoms with Crippen LogP contribution in [0.1, 0.15) is 23.6 Å². The third-order valence-corrected chi connectivity index (χ3v) is 5.50. The molecule has 33 heavy (non-hydrogen) atoms. The van der Waals surface area contributed by atoms with Gasteiger partial charge in [0.25, 0.3) is 11.7 Å². The predicted molar refractivity (Wildman–Crippen MR) is 124 cm³/mol. The molecule has 3 aromatic rings. The number of rotatable bonds is 9. The van der Waals surface area contributed by atoms with Gasteiger partial charge in [0.15, 0.2) is 0 Å². The number of aromatic nitrogens is 2. The molecule has 1 amide bonds. The first-order valence-corrected chi connectivity index (χ1v) is 10.7. The summed E-state index contributed by atoms with van der Waals surface area (Å²) in [6, 6.07) is 15.3. The van der Waals surface area contributed by atoms with Crippen LogP contribution in [0, 0.1) is 0 Å². The standard InChI is InChI=1S/C26H25N3O4/c1-2-16-33-21-11-6-10-20(17-21)23-22(24(30)19-8-4-3-5-9-19)25(31)26(32)29(23)14-7-13-28-15-12-27-18-28/h2-6,8-12,15,17-18,23,30H,1,7,13-14,16H2/b24-22-. The lowest BCUT2D eigenvalue weighted by molar-refractivity contribution is -0.139. The van der Waals surface area contributed by atoms with Gasteiger partial charge in [0, 0.05) is 31.0 Å². The van der Waals surface area contributed by atoms with Crippen LogP contribution in [0.15, 0.2) is 91.5 Å². The SMILES string of the molecule is C=CCOc1cccc(C2/C(=C(/O)c3ccccc3)C(=O)C(=O)N2CCCn2ccnc2)c1. The maximum absolute atomic E-state index is 13.1. The van der Waals surface area contributed by atoms with Crippen LogP contribution in [0.4, 0.5) is 0 Å². The van der Waals surface area contributed by atoms with Crippen molar-refractivity contribution >= 4 is 17.4 Å². The Bertz CT molecular complexity index is 1170. The molecule has 2 heterocycles. The van der Waals surface area contributed by atoms with E-state index in [0.29, 0.717) is 43.0 Å². The molecule has 1 aromatic heterocycles. The number of hydrogen-bond donors (Lipinski definition) is 1. The minimum Gasteiger partial charge on any atom is -0.507 e. The predicted octanol–water partition coefficient (Wildman–Crippen LogP) is 3.96. The number of Topliss-reactive ketones (excluding diaryl/α,β-unsaturated/α-hetero) is 1. The summed E-state index contributed by atoms with van der Waals surface area (Å²) >= 11 is 0. The van der Waals surface area contributed by atoms with Gasteiger partial charge in [-0.05, 0) is 24.1 Å². The zero-order chi connectivity index (χ0) is 23.2. The minimum absolute atomic E-state index is 0.0784. The smallest absolute Gasteiger partial charge is 0.295 e. The Morgan fingerprint density at radius 3 is 2.67 bits per heavy atom. The average Bonchev–Trinajstić information content (AvgIpc) is 3.45. The molecule has 1 N–H and O–H groups in total. The molecule has 0 aliphatic carbocycles. The van der Waals surface area contributed by atoms with Crippen molar-refractivity contribution in [2.24, 2.45) is 0 Å². The summed E-state index contributed by atoms with van der Waals surface area (Å²) in [5, 5.41) is 11.1. The molecule has 1 aliphatic heterocycles. The first-order valence-electron chi connectivity index (χ1n) is 10.7. The Labute approximate surface area is 192 Å². The number of nitrogens with zero attached hydrogens (tertiary/aromatic N) is 3. The fourth-order valence-electron chi connectivity index (χ4n) is 3.98. The van der Waals surface area contributed by atoms with E-state index in [-0.39, 0.29) is 11.3 Å². The first-order chi connectivity index (χ1) is 16.1. The van der Waals surface area contributed by atoms with Crippen LogP contribution < -0.4 is 4.74 Å². The van der Waals surface area contributed by atoms with E-state index in [9.17, 15) is 14.7 Å². The number of amides is 1. The van der Waals surface area contributed by atoms with Crippen molar-refractivity contribution in [3.63, 3.8) is 0 Å². The second kappa shape index (κ2) is 9.99. The molecule has 0 saturated carbocycles. The number of hydrogen-bond acceptors (Lipinski definition) is 5. The van der Waals surface area contributed by atoms with Gasteiger partial charge in [-0.15, -0.1) is 0 Å². The molecule has 1 saturated heterocycles. The van der Waals surface area contributed by atoms with Crippen molar-refractivity contribution in [1.82, 2.24) is 14.5 Å². The normalized spacial score (nSPS) is 17.3. The molecule has 4 rings (SSSR count). The molecule has 1 unspecified atom stereocenters. The fourth-order valence-corrected chi connectivity index (χ4v) is 3.98. The molecule has 7 nitrogen and oxygen atoms in total. The van der Waals surface area contributed by atoms with Crippen LogP contribution >= 0.6 is 0 Å². The van der Waals surface area contributed by atoms with Crippen molar-refractivity contribution < 1.29 is 19.4 Å². The number of imidazole rings is 1. The Balaban J connectivity index is 1.73. The van der Waals surface area contributed by atoms with Gasteiger partial charge in [0.1, 0.15) is 18.1 Å². The fraction of sp³-hybridized carbons (Fsp3) is 0.192. The van der Waals surface area contributed by atoms with Gasteiger partial charge in [0.05, 0.1) is 17.9 Å². The van der Waals surface area contributed by atoms with Gasteiger partial charge >= 0.3 is 0 Å². The van der Waals surface area contributed by atoms with Gasteiger partial charge < -0.3 is 19.3 Å². The number of aryl methyl sites for hydroxylation is 1. The molecule has 0 spiro atoms. The van der Waals surface area contributed by atoms with Crippen molar-refractivity contribution in [3.05, 3.63) is 103 Å². The molecule has 0 bridgehead atoms. The number of aliphatic hydroxyl groups excluding tert-OH is 1. The molecular formula is C26H25N3O4. The Hall–Kier alpha value is -4.13. The lowest BCUT2D eigenvalue weighted by Crippen LogP contribution is -2.31. The van der Waals surface area contributed by atoms with E-state index in [4.69, 9.17) is 4.74 Å². The zero-order valence-electron chi connectivity index (χ0n) is 18.1. The van der Waals surface area contributed by atoms with Gasteiger partial charge in [-0.3, -0.25) is 9.59 Å². The summed E-state index contributed by atoms with van der Waals surface area (Å²) in [5.41, 5.74) is 1.25. The number of benzene rings is 2. The van der Waals surface area contributed by atoms with E-state index < -0.39 is 17.7 Å². The quantitative estimate of drug-likeness (QED) is 0.234. The Morgan fingerprint density at radius 2 is 1.94 bits per heavy atom. The molecule has 0 radical (unpaired) electrons. The van der Waals surface area contributed by atoms with Crippen LogP contribution in [0.25, 0.3) is 5.76 Å². The highest BCUT2D eigenvalue weighted by molar-refractivity contribution is 6.46.